The Hall–Kier alpha value is -2.04. The molecule has 0 heterocycles. The third kappa shape index (κ3) is 3.00. The number of amides is 1. The second-order valence-electron chi connectivity index (χ2n) is 4.44. The second-order valence-corrected chi connectivity index (χ2v) is 4.44. The van der Waals surface area contributed by atoms with Gasteiger partial charge in [0, 0.05) is 0 Å². The minimum Gasteiger partial charge on any atom is -0.478 e. The highest BCUT2D eigenvalue weighted by Gasteiger charge is 2.27. The molecule has 2 N–H and O–H groups in total. The summed E-state index contributed by atoms with van der Waals surface area (Å²) in [5.74, 6) is -0.637. The molecule has 0 aliphatic heterocycles. The number of ether oxygens (including phenoxy) is 2. The number of hydrogen-bond donors (Lipinski definition) is 1. The van der Waals surface area contributed by atoms with Gasteiger partial charge in [0.1, 0.15) is 5.75 Å². The lowest BCUT2D eigenvalue weighted by Crippen LogP contribution is -2.43. The number of benzene rings is 1. The molecule has 5 nitrogen and oxygen atoms in total. The van der Waals surface area contributed by atoms with Gasteiger partial charge in [-0.05, 0) is 38.5 Å². The Morgan fingerprint density at radius 3 is 2.39 bits per heavy atom. The molecule has 18 heavy (non-hydrogen) atoms. The van der Waals surface area contributed by atoms with E-state index in [1.54, 1.807) is 32.9 Å². The number of nitrogens with two attached hydrogens (primary N) is 1. The van der Waals surface area contributed by atoms with Crippen molar-refractivity contribution in [1.82, 2.24) is 0 Å². The predicted octanol–water partition coefficient (Wildman–Crippen LogP) is 1.42. The van der Waals surface area contributed by atoms with E-state index in [-0.39, 0.29) is 0 Å². The summed E-state index contributed by atoms with van der Waals surface area (Å²) >= 11 is 0. The van der Waals surface area contributed by atoms with E-state index in [0.717, 1.165) is 5.56 Å². The van der Waals surface area contributed by atoms with Crippen molar-refractivity contribution in [2.45, 2.75) is 26.4 Å². The number of carbonyl (C=O) groups excluding carboxylic acids is 2. The highest BCUT2D eigenvalue weighted by atomic mass is 16.5. The molecule has 1 amide bonds. The van der Waals surface area contributed by atoms with Gasteiger partial charge in [0.2, 0.25) is 0 Å². The zero-order chi connectivity index (χ0) is 13.9. The number of hydrogen-bond acceptors (Lipinski definition) is 4. The van der Waals surface area contributed by atoms with E-state index in [9.17, 15) is 9.59 Å². The van der Waals surface area contributed by atoms with Crippen LogP contribution >= 0.6 is 0 Å². The normalized spacial score (nSPS) is 10.9. The van der Waals surface area contributed by atoms with Crippen molar-refractivity contribution in [3.8, 4) is 5.75 Å². The van der Waals surface area contributed by atoms with E-state index >= 15 is 0 Å². The molecule has 0 bridgehead atoms. The maximum absolute atomic E-state index is 11.5. The minimum atomic E-state index is -1.14. The van der Waals surface area contributed by atoms with Crippen molar-refractivity contribution in [2.24, 2.45) is 5.73 Å². The third-order valence-corrected chi connectivity index (χ3v) is 2.58. The zero-order valence-electron chi connectivity index (χ0n) is 10.9. The summed E-state index contributed by atoms with van der Waals surface area (Å²) in [6.45, 7) is 4.91. The van der Waals surface area contributed by atoms with Gasteiger partial charge in [-0.3, -0.25) is 4.79 Å². The molecule has 1 aromatic carbocycles. The quantitative estimate of drug-likeness (QED) is 0.821. The van der Waals surface area contributed by atoms with Crippen LogP contribution < -0.4 is 10.5 Å². The number of esters is 1. The third-order valence-electron chi connectivity index (χ3n) is 2.58. The molecule has 1 aromatic rings. The molecule has 0 atom stereocenters. The van der Waals surface area contributed by atoms with Crippen molar-refractivity contribution in [2.75, 3.05) is 7.11 Å². The first-order valence-corrected chi connectivity index (χ1v) is 5.46. The van der Waals surface area contributed by atoms with Crippen molar-refractivity contribution >= 4 is 11.9 Å². The molecule has 0 saturated heterocycles. The Morgan fingerprint density at radius 1 is 1.28 bits per heavy atom. The number of methoxy groups -OCH3 is 1. The van der Waals surface area contributed by atoms with Crippen molar-refractivity contribution in [3.05, 3.63) is 29.3 Å². The summed E-state index contributed by atoms with van der Waals surface area (Å²) in [6.07, 6.45) is 0. The van der Waals surface area contributed by atoms with E-state index in [1.165, 1.54) is 13.2 Å². The van der Waals surface area contributed by atoms with Crippen molar-refractivity contribution in [1.29, 1.82) is 0 Å². The van der Waals surface area contributed by atoms with Crippen LogP contribution in [0.4, 0.5) is 0 Å². The Balaban J connectivity index is 3.06. The van der Waals surface area contributed by atoms with Gasteiger partial charge in [-0.25, -0.2) is 4.79 Å². The van der Waals surface area contributed by atoms with Crippen LogP contribution in [-0.4, -0.2) is 24.6 Å². The van der Waals surface area contributed by atoms with Crippen LogP contribution in [0.1, 0.15) is 29.8 Å². The average molecular weight is 251 g/mol. The fourth-order valence-electron chi connectivity index (χ4n) is 1.34. The Bertz CT molecular complexity index is 480. The summed E-state index contributed by atoms with van der Waals surface area (Å²) in [4.78, 5) is 22.7. The molecule has 0 unspecified atom stereocenters. The largest absolute Gasteiger partial charge is 0.478 e. The predicted molar refractivity (Wildman–Crippen MR) is 66.4 cm³/mol. The van der Waals surface area contributed by atoms with Crippen LogP contribution in [0.25, 0.3) is 0 Å². The van der Waals surface area contributed by atoms with Crippen molar-refractivity contribution < 1.29 is 19.1 Å². The van der Waals surface area contributed by atoms with E-state index in [4.69, 9.17) is 10.5 Å². The standard InChI is InChI=1S/C13H17NO4/c1-8-5-6-9(7-10(8)11(15)17-4)18-13(2,3)12(14)16/h5-7H,1-4H3,(H2,14,16). The van der Waals surface area contributed by atoms with Crippen LogP contribution in [0, 0.1) is 6.92 Å². The maximum Gasteiger partial charge on any atom is 0.338 e. The first kappa shape index (κ1) is 14.0. The molecule has 98 valence electrons. The molecule has 0 saturated carbocycles. The average Bonchev–Trinajstić information content (AvgIpc) is 2.30. The molecule has 0 radical (unpaired) electrons. The van der Waals surface area contributed by atoms with E-state index in [2.05, 4.69) is 4.74 Å². The van der Waals surface area contributed by atoms with Crippen LogP contribution in [0.2, 0.25) is 0 Å². The molecular weight excluding hydrogens is 234 g/mol. The number of aryl methyl sites for hydroxylation is 1. The van der Waals surface area contributed by atoms with Gasteiger partial charge in [0.15, 0.2) is 5.60 Å². The van der Waals surface area contributed by atoms with Crippen LogP contribution in [0.15, 0.2) is 18.2 Å². The Labute approximate surface area is 106 Å². The van der Waals surface area contributed by atoms with Gasteiger partial charge in [0.05, 0.1) is 12.7 Å². The Kier molecular flexibility index (Phi) is 3.96. The molecular formula is C13H17NO4. The highest BCUT2D eigenvalue weighted by Crippen LogP contribution is 2.22. The summed E-state index contributed by atoms with van der Waals surface area (Å²) in [5, 5.41) is 0. The van der Waals surface area contributed by atoms with Gasteiger partial charge < -0.3 is 15.2 Å². The van der Waals surface area contributed by atoms with Crippen molar-refractivity contribution in [3.63, 3.8) is 0 Å². The fraction of sp³-hybridized carbons (Fsp3) is 0.385. The number of primary amides is 1. The maximum atomic E-state index is 11.5. The van der Waals surface area contributed by atoms with E-state index in [0.29, 0.717) is 11.3 Å². The zero-order valence-corrected chi connectivity index (χ0v) is 10.9. The van der Waals surface area contributed by atoms with Gasteiger partial charge >= 0.3 is 5.97 Å². The number of rotatable bonds is 4. The lowest BCUT2D eigenvalue weighted by atomic mass is 10.1. The first-order valence-electron chi connectivity index (χ1n) is 5.46. The lowest BCUT2D eigenvalue weighted by molar-refractivity contribution is -0.130. The second kappa shape index (κ2) is 5.08. The highest BCUT2D eigenvalue weighted by molar-refractivity contribution is 5.91. The molecule has 0 fully saturated rings. The van der Waals surface area contributed by atoms with Gasteiger partial charge in [-0.2, -0.15) is 0 Å². The van der Waals surface area contributed by atoms with Crippen LogP contribution in [-0.2, 0) is 9.53 Å². The van der Waals surface area contributed by atoms with Crippen LogP contribution in [0.3, 0.4) is 0 Å². The molecule has 0 aliphatic rings. The van der Waals surface area contributed by atoms with Gasteiger partial charge in [-0.1, -0.05) is 6.07 Å². The number of carbonyl (C=O) groups is 2. The van der Waals surface area contributed by atoms with Gasteiger partial charge in [-0.15, -0.1) is 0 Å². The monoisotopic (exact) mass is 251 g/mol. The first-order chi connectivity index (χ1) is 8.27. The molecule has 1 rings (SSSR count). The molecule has 0 aliphatic carbocycles. The topological polar surface area (TPSA) is 78.6 Å². The SMILES string of the molecule is COC(=O)c1cc(OC(C)(C)C(N)=O)ccc1C. The van der Waals surface area contributed by atoms with Crippen LogP contribution in [0.5, 0.6) is 5.75 Å². The smallest absolute Gasteiger partial charge is 0.338 e. The van der Waals surface area contributed by atoms with E-state index < -0.39 is 17.5 Å². The summed E-state index contributed by atoms with van der Waals surface area (Å²) in [7, 11) is 1.31. The fourth-order valence-corrected chi connectivity index (χ4v) is 1.34. The molecule has 0 aromatic heterocycles. The Morgan fingerprint density at radius 2 is 1.89 bits per heavy atom. The molecule has 5 heteroatoms. The molecule has 0 spiro atoms. The summed E-state index contributed by atoms with van der Waals surface area (Å²) in [5.41, 5.74) is 5.25. The summed E-state index contributed by atoms with van der Waals surface area (Å²) in [6, 6.07) is 4.93. The van der Waals surface area contributed by atoms with E-state index in [1.807, 2.05) is 0 Å². The minimum absolute atomic E-state index is 0.393. The van der Waals surface area contributed by atoms with Gasteiger partial charge in [0.25, 0.3) is 5.91 Å². The summed E-state index contributed by atoms with van der Waals surface area (Å²) < 4.78 is 10.1. The lowest BCUT2D eigenvalue weighted by Gasteiger charge is -2.23.